The lowest BCUT2D eigenvalue weighted by Gasteiger charge is -2.12. The summed E-state index contributed by atoms with van der Waals surface area (Å²) in [5.41, 5.74) is 7.57. The fourth-order valence-electron chi connectivity index (χ4n) is 1.74. The van der Waals surface area contributed by atoms with Gasteiger partial charge in [0.1, 0.15) is 4.90 Å². The average Bonchev–Trinajstić information content (AvgIpc) is 2.68. The molecular formula is C12H15N3O2S2. The summed E-state index contributed by atoms with van der Waals surface area (Å²) in [4.78, 5) is 5.06. The van der Waals surface area contributed by atoms with Crippen LogP contribution in [0.25, 0.3) is 0 Å². The van der Waals surface area contributed by atoms with Crippen molar-refractivity contribution in [3.63, 3.8) is 0 Å². The van der Waals surface area contributed by atoms with Crippen molar-refractivity contribution >= 4 is 32.2 Å². The van der Waals surface area contributed by atoms with Crippen LogP contribution in [0.1, 0.15) is 16.0 Å². The molecule has 0 aliphatic carbocycles. The van der Waals surface area contributed by atoms with E-state index in [2.05, 4.69) is 9.71 Å². The molecule has 0 aliphatic heterocycles. The van der Waals surface area contributed by atoms with Crippen molar-refractivity contribution in [1.82, 2.24) is 4.98 Å². The minimum absolute atomic E-state index is 0.125. The first-order valence-electron chi connectivity index (χ1n) is 5.62. The molecule has 0 fully saturated rings. The van der Waals surface area contributed by atoms with Crippen LogP contribution in [0.5, 0.6) is 0 Å². The van der Waals surface area contributed by atoms with Gasteiger partial charge in [0.25, 0.3) is 10.0 Å². The van der Waals surface area contributed by atoms with Gasteiger partial charge in [-0.1, -0.05) is 6.07 Å². The van der Waals surface area contributed by atoms with Gasteiger partial charge in [-0.15, -0.1) is 11.3 Å². The number of nitrogen functional groups attached to an aromatic ring is 1. The number of rotatable bonds is 3. The zero-order valence-electron chi connectivity index (χ0n) is 10.9. The molecule has 0 amide bonds. The number of nitrogens with two attached hydrogens (primary N) is 1. The Bertz CT molecular complexity index is 721. The first kappa shape index (κ1) is 13.8. The van der Waals surface area contributed by atoms with Crippen molar-refractivity contribution < 1.29 is 8.42 Å². The number of sulfonamides is 1. The number of aromatic nitrogens is 1. The molecule has 0 bridgehead atoms. The Hall–Kier alpha value is -1.60. The van der Waals surface area contributed by atoms with Gasteiger partial charge < -0.3 is 5.73 Å². The maximum Gasteiger partial charge on any atom is 0.265 e. The minimum atomic E-state index is -3.71. The Morgan fingerprint density at radius 1 is 1.26 bits per heavy atom. The van der Waals surface area contributed by atoms with Crippen molar-refractivity contribution in [3.05, 3.63) is 34.3 Å². The molecular weight excluding hydrogens is 282 g/mol. The highest BCUT2D eigenvalue weighted by molar-refractivity contribution is 7.93. The Kier molecular flexibility index (Phi) is 3.51. The summed E-state index contributed by atoms with van der Waals surface area (Å²) in [6, 6.07) is 3.40. The van der Waals surface area contributed by atoms with E-state index < -0.39 is 10.0 Å². The maximum atomic E-state index is 12.4. The number of aryl methyl sites for hydroxylation is 2. The van der Waals surface area contributed by atoms with Crippen molar-refractivity contribution in [3.8, 4) is 0 Å². The molecule has 0 saturated carbocycles. The molecule has 2 rings (SSSR count). The fourth-order valence-corrected chi connectivity index (χ4v) is 4.07. The van der Waals surface area contributed by atoms with E-state index in [4.69, 9.17) is 5.73 Å². The zero-order valence-corrected chi connectivity index (χ0v) is 12.5. The molecule has 0 aliphatic rings. The van der Waals surface area contributed by atoms with Crippen molar-refractivity contribution in [2.75, 3.05) is 10.5 Å². The number of nitrogens with one attached hydrogen (secondary N) is 1. The maximum absolute atomic E-state index is 12.4. The molecule has 0 spiro atoms. The lowest BCUT2D eigenvalue weighted by atomic mass is 10.1. The highest BCUT2D eigenvalue weighted by Gasteiger charge is 2.22. The van der Waals surface area contributed by atoms with E-state index in [9.17, 15) is 8.42 Å². The minimum Gasteiger partial charge on any atom is -0.398 e. The Morgan fingerprint density at radius 2 is 1.95 bits per heavy atom. The molecule has 0 atom stereocenters. The third kappa shape index (κ3) is 2.71. The molecule has 102 valence electrons. The van der Waals surface area contributed by atoms with Gasteiger partial charge in [0.05, 0.1) is 5.69 Å². The van der Waals surface area contributed by atoms with Crippen molar-refractivity contribution in [1.29, 1.82) is 0 Å². The molecule has 3 N–H and O–H groups in total. The van der Waals surface area contributed by atoms with Crippen LogP contribution in [0.15, 0.2) is 23.2 Å². The second-order valence-corrected chi connectivity index (χ2v) is 7.16. The van der Waals surface area contributed by atoms with Crippen LogP contribution < -0.4 is 10.5 Å². The lowest BCUT2D eigenvalue weighted by Crippen LogP contribution is -2.16. The highest BCUT2D eigenvalue weighted by Crippen LogP contribution is 2.28. The predicted octanol–water partition coefficient (Wildman–Crippen LogP) is 2.45. The Balaban J connectivity index is 2.48. The van der Waals surface area contributed by atoms with E-state index in [0.717, 1.165) is 10.4 Å². The first-order valence-corrected chi connectivity index (χ1v) is 7.92. The van der Waals surface area contributed by atoms with E-state index in [-0.39, 0.29) is 10.6 Å². The van der Waals surface area contributed by atoms with Crippen LogP contribution in [0.3, 0.4) is 0 Å². The largest absolute Gasteiger partial charge is 0.398 e. The molecule has 1 aromatic carbocycles. The summed E-state index contributed by atoms with van der Waals surface area (Å²) < 4.78 is 27.2. The molecule has 1 heterocycles. The standard InChI is InChI=1S/C12H15N3O2S2/c1-7-4-5-10(13)11(9(7)3)19(16,17)15-12-14-6-8(2)18-12/h4-6H,13H2,1-3H3,(H,14,15). The van der Waals surface area contributed by atoms with Crippen LogP contribution in [0, 0.1) is 20.8 Å². The summed E-state index contributed by atoms with van der Waals surface area (Å²) in [5, 5.41) is 0.345. The smallest absolute Gasteiger partial charge is 0.265 e. The van der Waals surface area contributed by atoms with Gasteiger partial charge in [-0.25, -0.2) is 13.4 Å². The third-order valence-electron chi connectivity index (χ3n) is 2.82. The van der Waals surface area contributed by atoms with E-state index >= 15 is 0 Å². The third-order valence-corrected chi connectivity index (χ3v) is 5.32. The molecule has 2 aromatic rings. The quantitative estimate of drug-likeness (QED) is 0.852. The topological polar surface area (TPSA) is 85.1 Å². The number of nitrogens with zero attached hydrogens (tertiary/aromatic N) is 1. The summed E-state index contributed by atoms with van der Waals surface area (Å²) in [6.07, 6.45) is 1.62. The van der Waals surface area contributed by atoms with Gasteiger partial charge in [0, 0.05) is 11.1 Å². The number of hydrogen-bond donors (Lipinski definition) is 2. The second kappa shape index (κ2) is 4.82. The number of hydrogen-bond acceptors (Lipinski definition) is 5. The normalized spacial score (nSPS) is 11.5. The molecule has 5 nitrogen and oxygen atoms in total. The SMILES string of the molecule is Cc1cnc(NS(=O)(=O)c2c(N)ccc(C)c2C)s1. The van der Waals surface area contributed by atoms with Gasteiger partial charge in [-0.2, -0.15) is 0 Å². The van der Waals surface area contributed by atoms with Gasteiger partial charge in [-0.3, -0.25) is 4.72 Å². The van der Waals surface area contributed by atoms with Gasteiger partial charge >= 0.3 is 0 Å². The zero-order chi connectivity index (χ0) is 14.2. The lowest BCUT2D eigenvalue weighted by molar-refractivity contribution is 0.601. The Morgan fingerprint density at radius 3 is 2.53 bits per heavy atom. The second-order valence-electron chi connectivity index (χ2n) is 4.31. The van der Waals surface area contributed by atoms with Crippen LogP contribution in [0.4, 0.5) is 10.8 Å². The Labute approximate surface area is 116 Å². The van der Waals surface area contributed by atoms with E-state index in [1.54, 1.807) is 25.3 Å². The van der Waals surface area contributed by atoms with Crippen LogP contribution in [0.2, 0.25) is 0 Å². The van der Waals surface area contributed by atoms with Crippen molar-refractivity contribution in [2.45, 2.75) is 25.7 Å². The molecule has 0 radical (unpaired) electrons. The molecule has 7 heteroatoms. The number of anilines is 2. The molecule has 1 aromatic heterocycles. The predicted molar refractivity (Wildman–Crippen MR) is 78.0 cm³/mol. The summed E-state index contributed by atoms with van der Waals surface area (Å²) in [7, 11) is -3.71. The average molecular weight is 297 g/mol. The first-order chi connectivity index (χ1) is 8.81. The van der Waals surface area contributed by atoms with E-state index in [1.165, 1.54) is 11.3 Å². The number of benzene rings is 1. The van der Waals surface area contributed by atoms with Gasteiger partial charge in [0.2, 0.25) is 0 Å². The number of thiazole rings is 1. The van der Waals surface area contributed by atoms with Crippen LogP contribution >= 0.6 is 11.3 Å². The van der Waals surface area contributed by atoms with E-state index in [0.29, 0.717) is 10.7 Å². The molecule has 0 unspecified atom stereocenters. The fraction of sp³-hybridized carbons (Fsp3) is 0.250. The highest BCUT2D eigenvalue weighted by atomic mass is 32.2. The molecule has 19 heavy (non-hydrogen) atoms. The van der Waals surface area contributed by atoms with Crippen LogP contribution in [-0.4, -0.2) is 13.4 Å². The summed E-state index contributed by atoms with van der Waals surface area (Å²) in [5.74, 6) is 0. The molecule has 0 saturated heterocycles. The van der Waals surface area contributed by atoms with E-state index in [1.807, 2.05) is 13.8 Å². The monoisotopic (exact) mass is 297 g/mol. The van der Waals surface area contributed by atoms with Crippen LogP contribution in [-0.2, 0) is 10.0 Å². The summed E-state index contributed by atoms with van der Waals surface area (Å²) >= 11 is 1.28. The van der Waals surface area contributed by atoms with Gasteiger partial charge in [0.15, 0.2) is 5.13 Å². The van der Waals surface area contributed by atoms with Gasteiger partial charge in [-0.05, 0) is 38.0 Å². The summed E-state index contributed by atoms with van der Waals surface area (Å²) in [6.45, 7) is 5.45. The van der Waals surface area contributed by atoms with Crippen molar-refractivity contribution in [2.24, 2.45) is 0 Å².